The topological polar surface area (TPSA) is 85.5 Å². The number of nitrogens with zero attached hydrogens (tertiary/aromatic N) is 2. The van der Waals surface area contributed by atoms with Crippen LogP contribution in [0.1, 0.15) is 38.2 Å². The third kappa shape index (κ3) is 4.13. The Hall–Kier alpha value is -2.83. The lowest BCUT2D eigenvalue weighted by molar-refractivity contribution is -0.148. The highest BCUT2D eigenvalue weighted by Crippen LogP contribution is 2.19. The molecule has 1 aromatic heterocycles. The van der Waals surface area contributed by atoms with Gasteiger partial charge >= 0.3 is 11.8 Å². The summed E-state index contributed by atoms with van der Waals surface area (Å²) in [5.74, 6) is -1.25. The summed E-state index contributed by atoms with van der Waals surface area (Å²) in [4.78, 5) is 43.8. The van der Waals surface area contributed by atoms with Crippen molar-refractivity contribution in [2.45, 2.75) is 39.3 Å². The molecule has 0 radical (unpaired) electrons. The van der Waals surface area contributed by atoms with Gasteiger partial charge in [0.15, 0.2) is 0 Å². The van der Waals surface area contributed by atoms with Crippen LogP contribution in [0.4, 0.5) is 0 Å². The van der Waals surface area contributed by atoms with Gasteiger partial charge in [-0.2, -0.15) is 0 Å². The maximum absolute atomic E-state index is 12.9. The minimum atomic E-state index is -0.606. The van der Waals surface area contributed by atoms with Gasteiger partial charge in [-0.15, -0.1) is 0 Å². The number of carbonyl (C=O) groups excluding carboxylic acids is 3. The van der Waals surface area contributed by atoms with Crippen molar-refractivity contribution >= 4 is 28.6 Å². The lowest BCUT2D eigenvalue weighted by Gasteiger charge is -2.39. The van der Waals surface area contributed by atoms with Crippen LogP contribution in [-0.4, -0.2) is 63.7 Å². The number of carbonyl (C=O) groups is 3. The SMILES string of the molecule is CC1CN(C(=O)C(=O)NC(C)(C)C)CCN1C(=O)c1cc2ccccc2[nH]1. The molecule has 2 N–H and O–H groups in total. The van der Waals surface area contributed by atoms with E-state index in [2.05, 4.69) is 10.3 Å². The molecule has 1 saturated heterocycles. The van der Waals surface area contributed by atoms with Crippen molar-refractivity contribution in [2.75, 3.05) is 19.6 Å². The summed E-state index contributed by atoms with van der Waals surface area (Å²) in [6.45, 7) is 8.45. The number of hydrogen-bond acceptors (Lipinski definition) is 3. The van der Waals surface area contributed by atoms with Gasteiger partial charge in [0.05, 0.1) is 0 Å². The third-order valence-corrected chi connectivity index (χ3v) is 4.62. The van der Waals surface area contributed by atoms with Gasteiger partial charge in [-0.25, -0.2) is 0 Å². The molecule has 2 heterocycles. The van der Waals surface area contributed by atoms with Gasteiger partial charge in [0.1, 0.15) is 5.69 Å². The zero-order chi connectivity index (χ0) is 19.8. The molecule has 1 atom stereocenters. The van der Waals surface area contributed by atoms with Crippen LogP contribution in [0.5, 0.6) is 0 Å². The van der Waals surface area contributed by atoms with Crippen molar-refractivity contribution in [3.05, 3.63) is 36.0 Å². The highest BCUT2D eigenvalue weighted by Gasteiger charge is 2.33. The predicted octanol–water partition coefficient (Wildman–Crippen LogP) is 1.76. The lowest BCUT2D eigenvalue weighted by atomic mass is 10.1. The minimum absolute atomic E-state index is 0.0926. The molecule has 0 spiro atoms. The summed E-state index contributed by atoms with van der Waals surface area (Å²) in [6, 6.07) is 9.40. The Bertz CT molecular complexity index is 848. The molecule has 1 aromatic carbocycles. The first-order valence-corrected chi connectivity index (χ1v) is 9.16. The van der Waals surface area contributed by atoms with E-state index in [-0.39, 0.29) is 11.9 Å². The van der Waals surface area contributed by atoms with Crippen LogP contribution in [0, 0.1) is 0 Å². The van der Waals surface area contributed by atoms with E-state index in [1.165, 1.54) is 4.90 Å². The highest BCUT2D eigenvalue weighted by molar-refractivity contribution is 6.35. The molecule has 27 heavy (non-hydrogen) atoms. The quantitative estimate of drug-likeness (QED) is 0.750. The molecule has 0 aliphatic carbocycles. The van der Waals surface area contributed by atoms with Crippen LogP contribution >= 0.6 is 0 Å². The second-order valence-corrected chi connectivity index (χ2v) is 8.07. The number of fused-ring (bicyclic) bond motifs is 1. The third-order valence-electron chi connectivity index (χ3n) is 4.62. The summed E-state index contributed by atoms with van der Waals surface area (Å²) in [5.41, 5.74) is 0.987. The largest absolute Gasteiger partial charge is 0.351 e. The zero-order valence-electron chi connectivity index (χ0n) is 16.2. The Morgan fingerprint density at radius 1 is 1.15 bits per heavy atom. The van der Waals surface area contributed by atoms with Crippen molar-refractivity contribution in [2.24, 2.45) is 0 Å². The van der Waals surface area contributed by atoms with Gasteiger partial charge in [-0.05, 0) is 39.8 Å². The summed E-state index contributed by atoms with van der Waals surface area (Å²) in [5, 5.41) is 3.68. The maximum atomic E-state index is 12.9. The second kappa shape index (κ2) is 7.06. The van der Waals surface area contributed by atoms with E-state index in [1.807, 2.05) is 58.0 Å². The van der Waals surface area contributed by atoms with Crippen molar-refractivity contribution in [3.63, 3.8) is 0 Å². The smallest absolute Gasteiger partial charge is 0.312 e. The molecular formula is C20H26N4O3. The number of amides is 3. The molecule has 144 valence electrons. The Morgan fingerprint density at radius 2 is 1.85 bits per heavy atom. The molecule has 1 fully saturated rings. The minimum Gasteiger partial charge on any atom is -0.351 e. The molecular weight excluding hydrogens is 344 g/mol. The summed E-state index contributed by atoms with van der Waals surface area (Å²) in [7, 11) is 0. The molecule has 1 aliphatic rings. The van der Waals surface area contributed by atoms with E-state index in [4.69, 9.17) is 0 Å². The molecule has 3 rings (SSSR count). The van der Waals surface area contributed by atoms with Crippen LogP contribution in [0.25, 0.3) is 10.9 Å². The molecule has 7 heteroatoms. The molecule has 1 aliphatic heterocycles. The first kappa shape index (κ1) is 18.9. The number of nitrogens with one attached hydrogen (secondary N) is 2. The number of benzene rings is 1. The number of hydrogen-bond donors (Lipinski definition) is 2. The van der Waals surface area contributed by atoms with E-state index in [0.29, 0.717) is 25.3 Å². The number of piperazine rings is 1. The van der Waals surface area contributed by atoms with Crippen LogP contribution in [0.15, 0.2) is 30.3 Å². The van der Waals surface area contributed by atoms with Gasteiger partial charge in [0.2, 0.25) is 0 Å². The van der Waals surface area contributed by atoms with E-state index in [0.717, 1.165) is 10.9 Å². The van der Waals surface area contributed by atoms with Gasteiger partial charge in [-0.1, -0.05) is 18.2 Å². The molecule has 1 unspecified atom stereocenters. The summed E-state index contributed by atoms with van der Waals surface area (Å²) < 4.78 is 0. The normalized spacial score (nSPS) is 17.9. The van der Waals surface area contributed by atoms with Crippen LogP contribution in [0.2, 0.25) is 0 Å². The maximum Gasteiger partial charge on any atom is 0.312 e. The van der Waals surface area contributed by atoms with E-state index >= 15 is 0 Å². The average molecular weight is 370 g/mol. The Kier molecular flexibility index (Phi) is 4.95. The first-order chi connectivity index (χ1) is 12.7. The first-order valence-electron chi connectivity index (χ1n) is 9.16. The van der Waals surface area contributed by atoms with E-state index in [1.54, 1.807) is 4.90 Å². The van der Waals surface area contributed by atoms with Crippen molar-refractivity contribution in [3.8, 4) is 0 Å². The molecule has 0 saturated carbocycles. The number of para-hydroxylation sites is 1. The fourth-order valence-electron chi connectivity index (χ4n) is 3.32. The molecule has 2 aromatic rings. The van der Waals surface area contributed by atoms with Crippen molar-refractivity contribution in [1.29, 1.82) is 0 Å². The molecule has 3 amide bonds. The zero-order valence-corrected chi connectivity index (χ0v) is 16.2. The van der Waals surface area contributed by atoms with Gasteiger partial charge in [0, 0.05) is 42.1 Å². The van der Waals surface area contributed by atoms with E-state index in [9.17, 15) is 14.4 Å². The average Bonchev–Trinajstić information content (AvgIpc) is 3.03. The standard InChI is InChI=1S/C20H26N4O3/c1-13-12-23(19(27)17(25)22-20(2,3)4)9-10-24(13)18(26)16-11-14-7-5-6-8-15(14)21-16/h5-8,11,13,21H,9-10,12H2,1-4H3,(H,22,25). The Labute approximate surface area is 158 Å². The number of H-pyrrole nitrogens is 1. The lowest BCUT2D eigenvalue weighted by Crippen LogP contribution is -2.58. The summed E-state index contributed by atoms with van der Waals surface area (Å²) in [6.07, 6.45) is 0. The van der Waals surface area contributed by atoms with Crippen LogP contribution in [0.3, 0.4) is 0 Å². The monoisotopic (exact) mass is 370 g/mol. The van der Waals surface area contributed by atoms with Crippen molar-refractivity contribution in [1.82, 2.24) is 20.1 Å². The van der Waals surface area contributed by atoms with Crippen LogP contribution in [-0.2, 0) is 9.59 Å². The number of aromatic nitrogens is 1. The predicted molar refractivity (Wildman–Crippen MR) is 103 cm³/mol. The van der Waals surface area contributed by atoms with E-state index < -0.39 is 17.4 Å². The fraction of sp³-hybridized carbons (Fsp3) is 0.450. The second-order valence-electron chi connectivity index (χ2n) is 8.07. The number of rotatable bonds is 1. The molecule has 0 bridgehead atoms. The van der Waals surface area contributed by atoms with Gasteiger partial charge in [-0.3, -0.25) is 14.4 Å². The van der Waals surface area contributed by atoms with Gasteiger partial charge < -0.3 is 20.1 Å². The number of aromatic amines is 1. The Morgan fingerprint density at radius 3 is 2.48 bits per heavy atom. The summed E-state index contributed by atoms with van der Waals surface area (Å²) >= 11 is 0. The highest BCUT2D eigenvalue weighted by atomic mass is 16.2. The molecule has 7 nitrogen and oxygen atoms in total. The van der Waals surface area contributed by atoms with Crippen molar-refractivity contribution < 1.29 is 14.4 Å². The Balaban J connectivity index is 1.66. The van der Waals surface area contributed by atoms with Crippen LogP contribution < -0.4 is 5.32 Å². The van der Waals surface area contributed by atoms with Gasteiger partial charge in [0.25, 0.3) is 5.91 Å². The fourth-order valence-corrected chi connectivity index (χ4v) is 3.32.